The summed E-state index contributed by atoms with van der Waals surface area (Å²) in [5.74, 6) is -0.676. The van der Waals surface area contributed by atoms with Crippen molar-refractivity contribution >= 4 is 28.4 Å². The lowest BCUT2D eigenvalue weighted by molar-refractivity contribution is 0.0786. The van der Waals surface area contributed by atoms with Crippen molar-refractivity contribution in [3.05, 3.63) is 70.6 Å². The monoisotopic (exact) mass is 342 g/mol. The maximum absolute atomic E-state index is 14.0. The zero-order valence-electron chi connectivity index (χ0n) is 12.9. The molecule has 1 N–H and O–H groups in total. The average molecular weight is 343 g/mol. The van der Waals surface area contributed by atoms with Crippen molar-refractivity contribution in [1.29, 1.82) is 0 Å². The van der Waals surface area contributed by atoms with Gasteiger partial charge in [0.25, 0.3) is 5.91 Å². The van der Waals surface area contributed by atoms with Gasteiger partial charge in [-0.3, -0.25) is 4.79 Å². The van der Waals surface area contributed by atoms with Gasteiger partial charge in [0.15, 0.2) is 0 Å². The highest BCUT2D eigenvalue weighted by molar-refractivity contribution is 6.33. The first-order chi connectivity index (χ1) is 11.6. The molecule has 1 aromatic heterocycles. The highest BCUT2D eigenvalue weighted by Crippen LogP contribution is 2.31. The Labute approximate surface area is 144 Å². The van der Waals surface area contributed by atoms with E-state index in [1.165, 1.54) is 12.1 Å². The predicted octanol–water partition coefficient (Wildman–Crippen LogP) is 4.59. The van der Waals surface area contributed by atoms with E-state index in [0.717, 1.165) is 23.0 Å². The van der Waals surface area contributed by atoms with Crippen LogP contribution in [0, 0.1) is 5.82 Å². The molecule has 0 spiro atoms. The van der Waals surface area contributed by atoms with Crippen molar-refractivity contribution < 1.29 is 9.18 Å². The fourth-order valence-electron chi connectivity index (χ4n) is 3.37. The number of rotatable bonds is 2. The minimum atomic E-state index is -0.568. The molecule has 3 nitrogen and oxygen atoms in total. The number of aromatic amines is 1. The molecule has 1 aliphatic rings. The minimum absolute atomic E-state index is 0.0311. The Morgan fingerprint density at radius 3 is 2.83 bits per heavy atom. The van der Waals surface area contributed by atoms with Crippen LogP contribution >= 0.6 is 11.6 Å². The standard InChI is InChI=1S/C19H16ClFN2O/c20-14-5-3-6-15(21)18(14)19(24)23-9-8-13(11-23)17-10-12-4-1-2-7-16(12)22-17/h1-7,10,13,22H,8-9,11H2. The highest BCUT2D eigenvalue weighted by atomic mass is 35.5. The van der Waals surface area contributed by atoms with Crippen molar-refractivity contribution in [3.8, 4) is 0 Å². The number of hydrogen-bond donors (Lipinski definition) is 1. The zero-order chi connectivity index (χ0) is 16.7. The lowest BCUT2D eigenvalue weighted by Crippen LogP contribution is -2.29. The third kappa shape index (κ3) is 2.57. The van der Waals surface area contributed by atoms with Crippen molar-refractivity contribution in [2.24, 2.45) is 0 Å². The summed E-state index contributed by atoms with van der Waals surface area (Å²) >= 11 is 6.02. The van der Waals surface area contributed by atoms with Gasteiger partial charge < -0.3 is 9.88 Å². The molecule has 0 aliphatic carbocycles. The maximum atomic E-state index is 14.0. The second-order valence-corrected chi connectivity index (χ2v) is 6.55. The quantitative estimate of drug-likeness (QED) is 0.726. The van der Waals surface area contributed by atoms with Gasteiger partial charge >= 0.3 is 0 Å². The van der Waals surface area contributed by atoms with Crippen molar-refractivity contribution in [2.45, 2.75) is 12.3 Å². The van der Waals surface area contributed by atoms with Gasteiger partial charge in [0.05, 0.1) is 10.6 Å². The number of amides is 1. The number of para-hydroxylation sites is 1. The molecular formula is C19H16ClFN2O. The van der Waals surface area contributed by atoms with E-state index in [0.29, 0.717) is 13.1 Å². The molecule has 0 radical (unpaired) electrons. The van der Waals surface area contributed by atoms with Crippen molar-refractivity contribution in [3.63, 3.8) is 0 Å². The van der Waals surface area contributed by atoms with E-state index >= 15 is 0 Å². The molecule has 1 amide bonds. The third-order valence-corrected chi connectivity index (χ3v) is 4.96. The molecule has 3 aromatic rings. The molecule has 5 heteroatoms. The summed E-state index contributed by atoms with van der Waals surface area (Å²) in [5, 5.41) is 1.32. The van der Waals surface area contributed by atoms with Crippen LogP contribution in [0.15, 0.2) is 48.5 Å². The van der Waals surface area contributed by atoms with E-state index in [1.807, 2.05) is 18.2 Å². The second-order valence-electron chi connectivity index (χ2n) is 6.15. The number of nitrogens with one attached hydrogen (secondary N) is 1. The van der Waals surface area contributed by atoms with E-state index in [-0.39, 0.29) is 22.4 Å². The molecule has 0 bridgehead atoms. The third-order valence-electron chi connectivity index (χ3n) is 4.64. The molecule has 122 valence electrons. The molecule has 0 saturated carbocycles. The van der Waals surface area contributed by atoms with Crippen LogP contribution < -0.4 is 0 Å². The summed E-state index contributed by atoms with van der Waals surface area (Å²) in [5.41, 5.74) is 2.18. The van der Waals surface area contributed by atoms with E-state index < -0.39 is 5.82 Å². The van der Waals surface area contributed by atoms with Gasteiger partial charge in [-0.25, -0.2) is 4.39 Å². The fourth-order valence-corrected chi connectivity index (χ4v) is 3.62. The summed E-state index contributed by atoms with van der Waals surface area (Å²) in [4.78, 5) is 17.7. The number of likely N-dealkylation sites (tertiary alicyclic amines) is 1. The van der Waals surface area contributed by atoms with Gasteiger partial charge in [0, 0.05) is 30.2 Å². The van der Waals surface area contributed by atoms with Crippen LogP contribution in [0.1, 0.15) is 28.4 Å². The van der Waals surface area contributed by atoms with Gasteiger partial charge in [-0.15, -0.1) is 0 Å². The van der Waals surface area contributed by atoms with Crippen LogP contribution in [0.5, 0.6) is 0 Å². The van der Waals surface area contributed by atoms with Crippen LogP contribution in [0.4, 0.5) is 4.39 Å². The number of nitrogens with zero attached hydrogens (tertiary/aromatic N) is 1. The molecule has 1 unspecified atom stereocenters. The molecule has 1 saturated heterocycles. The average Bonchev–Trinajstić information content (AvgIpc) is 3.21. The van der Waals surface area contributed by atoms with Crippen LogP contribution in [0.25, 0.3) is 10.9 Å². The Morgan fingerprint density at radius 2 is 2.04 bits per heavy atom. The van der Waals surface area contributed by atoms with Crippen LogP contribution in [-0.2, 0) is 0 Å². The topological polar surface area (TPSA) is 36.1 Å². The number of fused-ring (bicyclic) bond motifs is 1. The van der Waals surface area contributed by atoms with Gasteiger partial charge in [0.2, 0.25) is 0 Å². The van der Waals surface area contributed by atoms with Crippen LogP contribution in [0.2, 0.25) is 5.02 Å². The number of carbonyl (C=O) groups excluding carboxylic acids is 1. The number of H-pyrrole nitrogens is 1. The number of benzene rings is 2. The molecule has 1 fully saturated rings. The first-order valence-corrected chi connectivity index (χ1v) is 8.32. The van der Waals surface area contributed by atoms with E-state index in [4.69, 9.17) is 11.6 Å². The molecule has 4 rings (SSSR count). The second kappa shape index (κ2) is 5.95. The Balaban J connectivity index is 1.57. The number of hydrogen-bond acceptors (Lipinski definition) is 1. The van der Waals surface area contributed by atoms with E-state index in [2.05, 4.69) is 17.1 Å². The summed E-state index contributed by atoms with van der Waals surface area (Å²) in [6.07, 6.45) is 0.852. The largest absolute Gasteiger partial charge is 0.358 e. The van der Waals surface area contributed by atoms with E-state index in [9.17, 15) is 9.18 Å². The number of aromatic nitrogens is 1. The normalized spacial score (nSPS) is 17.6. The van der Waals surface area contributed by atoms with Crippen molar-refractivity contribution in [1.82, 2.24) is 9.88 Å². The molecule has 2 heterocycles. The Morgan fingerprint density at radius 1 is 1.21 bits per heavy atom. The van der Waals surface area contributed by atoms with Gasteiger partial charge in [0.1, 0.15) is 5.82 Å². The van der Waals surface area contributed by atoms with Crippen LogP contribution in [-0.4, -0.2) is 28.9 Å². The Kier molecular flexibility index (Phi) is 3.77. The van der Waals surface area contributed by atoms with Gasteiger partial charge in [-0.05, 0) is 36.1 Å². The molecule has 2 aromatic carbocycles. The molecule has 1 atom stereocenters. The van der Waals surface area contributed by atoms with Gasteiger partial charge in [-0.1, -0.05) is 35.9 Å². The highest BCUT2D eigenvalue weighted by Gasteiger charge is 2.31. The summed E-state index contributed by atoms with van der Waals surface area (Å²) in [6.45, 7) is 1.17. The maximum Gasteiger partial charge on any atom is 0.258 e. The zero-order valence-corrected chi connectivity index (χ0v) is 13.7. The molecule has 24 heavy (non-hydrogen) atoms. The number of halogens is 2. The first-order valence-electron chi connectivity index (χ1n) is 7.94. The SMILES string of the molecule is O=C(c1c(F)cccc1Cl)N1CCC(c2cc3ccccc3[nH]2)C1. The summed E-state index contributed by atoms with van der Waals surface area (Å²) in [7, 11) is 0. The van der Waals surface area contributed by atoms with Crippen molar-refractivity contribution in [2.75, 3.05) is 13.1 Å². The summed E-state index contributed by atoms with van der Waals surface area (Å²) in [6, 6.07) is 14.5. The smallest absolute Gasteiger partial charge is 0.258 e. The Hall–Kier alpha value is -2.33. The summed E-state index contributed by atoms with van der Waals surface area (Å²) < 4.78 is 14.0. The fraction of sp³-hybridized carbons (Fsp3) is 0.211. The lowest BCUT2D eigenvalue weighted by Gasteiger charge is -2.17. The lowest BCUT2D eigenvalue weighted by atomic mass is 10.1. The van der Waals surface area contributed by atoms with E-state index in [1.54, 1.807) is 11.0 Å². The minimum Gasteiger partial charge on any atom is -0.358 e. The molecule has 1 aliphatic heterocycles. The predicted molar refractivity (Wildman–Crippen MR) is 93.0 cm³/mol. The first kappa shape index (κ1) is 15.2. The Bertz CT molecular complexity index is 867. The van der Waals surface area contributed by atoms with Crippen LogP contribution in [0.3, 0.4) is 0 Å². The number of carbonyl (C=O) groups is 1. The molecular weight excluding hydrogens is 327 g/mol. The van der Waals surface area contributed by atoms with Gasteiger partial charge in [-0.2, -0.15) is 0 Å².